The predicted molar refractivity (Wildman–Crippen MR) is 103 cm³/mol. The Morgan fingerprint density at radius 1 is 1.19 bits per heavy atom. The maximum absolute atomic E-state index is 5.16. The second-order valence-corrected chi connectivity index (χ2v) is 6.88. The van der Waals surface area contributed by atoms with Gasteiger partial charge in [-0.1, -0.05) is 0 Å². The largest absolute Gasteiger partial charge is 0.383 e. The molecule has 3 aromatic rings. The minimum Gasteiger partial charge on any atom is -0.383 e. The van der Waals surface area contributed by atoms with Crippen LogP contribution in [0.1, 0.15) is 11.5 Å². The van der Waals surface area contributed by atoms with Crippen molar-refractivity contribution in [2.45, 2.75) is 26.4 Å². The van der Waals surface area contributed by atoms with E-state index in [4.69, 9.17) is 4.74 Å². The summed E-state index contributed by atoms with van der Waals surface area (Å²) in [5.41, 5.74) is 2.65. The van der Waals surface area contributed by atoms with Gasteiger partial charge in [0.1, 0.15) is 18.0 Å². The molecule has 4 rings (SSSR count). The lowest BCUT2D eigenvalue weighted by Crippen LogP contribution is -2.59. The number of ether oxygens (including phenoxy) is 1. The summed E-state index contributed by atoms with van der Waals surface area (Å²) in [4.78, 5) is 26.8. The maximum Gasteiger partial charge on any atom is 0.165 e. The Balaban J connectivity index is 1.51. The Bertz CT molecular complexity index is 929. The van der Waals surface area contributed by atoms with Crippen molar-refractivity contribution in [3.05, 3.63) is 30.2 Å². The number of hydrogen-bond donors (Lipinski definition) is 0. The zero-order valence-electron chi connectivity index (χ0n) is 16.1. The van der Waals surface area contributed by atoms with Crippen LogP contribution in [0.2, 0.25) is 0 Å². The van der Waals surface area contributed by atoms with Crippen molar-refractivity contribution in [3.8, 4) is 0 Å². The lowest BCUT2D eigenvalue weighted by Gasteiger charge is -2.45. The molecule has 142 valence electrons. The van der Waals surface area contributed by atoms with Crippen LogP contribution in [0.25, 0.3) is 11.2 Å². The van der Waals surface area contributed by atoms with E-state index in [9.17, 15) is 0 Å². The van der Waals surface area contributed by atoms with Crippen molar-refractivity contribution in [3.63, 3.8) is 0 Å². The Labute approximate surface area is 158 Å². The van der Waals surface area contributed by atoms with E-state index in [2.05, 4.69) is 41.8 Å². The summed E-state index contributed by atoms with van der Waals surface area (Å²) in [6.07, 6.45) is 3.40. The van der Waals surface area contributed by atoms with Gasteiger partial charge in [-0.25, -0.2) is 24.9 Å². The van der Waals surface area contributed by atoms with Crippen molar-refractivity contribution < 1.29 is 4.74 Å². The first-order valence-electron chi connectivity index (χ1n) is 9.01. The molecule has 0 aliphatic carbocycles. The van der Waals surface area contributed by atoms with Gasteiger partial charge in [-0.2, -0.15) is 0 Å². The first-order valence-corrected chi connectivity index (χ1v) is 9.01. The van der Waals surface area contributed by atoms with Crippen LogP contribution < -0.4 is 9.80 Å². The SMILES string of the molecule is COCCn1cnc2c(N(C)C3CN(c4cc(C)nc(C)n4)C3)ncnc21. The van der Waals surface area contributed by atoms with Crippen LogP contribution in [0.15, 0.2) is 18.7 Å². The molecule has 4 heterocycles. The summed E-state index contributed by atoms with van der Waals surface area (Å²) in [6, 6.07) is 2.38. The molecular weight excluding hydrogens is 344 g/mol. The molecule has 0 bridgehead atoms. The van der Waals surface area contributed by atoms with E-state index in [0.29, 0.717) is 12.6 Å². The number of nitrogens with zero attached hydrogens (tertiary/aromatic N) is 8. The van der Waals surface area contributed by atoms with Crippen molar-refractivity contribution >= 4 is 22.8 Å². The molecule has 1 fully saturated rings. The van der Waals surface area contributed by atoms with Crippen LogP contribution in [-0.4, -0.2) is 69.4 Å². The summed E-state index contributed by atoms with van der Waals surface area (Å²) >= 11 is 0. The Hall–Kier alpha value is -2.81. The summed E-state index contributed by atoms with van der Waals surface area (Å²) in [6.45, 7) is 7.05. The van der Waals surface area contributed by atoms with Gasteiger partial charge in [0.2, 0.25) is 0 Å². The Morgan fingerprint density at radius 2 is 2.00 bits per heavy atom. The van der Waals surface area contributed by atoms with E-state index in [0.717, 1.165) is 54.0 Å². The Kier molecular flexibility index (Phi) is 4.61. The van der Waals surface area contributed by atoms with E-state index >= 15 is 0 Å². The number of rotatable bonds is 6. The van der Waals surface area contributed by atoms with Crippen molar-refractivity contribution in [2.75, 3.05) is 43.7 Å². The molecule has 0 atom stereocenters. The standard InChI is InChI=1S/C18H24N8O/c1-12-7-15(23-13(2)22-12)26-8-14(9-26)24(3)17-16-18(20-10-19-17)25(11-21-16)5-6-27-4/h7,10-11,14H,5-6,8-9H2,1-4H3. The summed E-state index contributed by atoms with van der Waals surface area (Å²) in [5, 5.41) is 0. The highest BCUT2D eigenvalue weighted by Gasteiger charge is 2.33. The molecule has 1 aliphatic rings. The van der Waals surface area contributed by atoms with Crippen LogP contribution in [0.3, 0.4) is 0 Å². The topological polar surface area (TPSA) is 85.1 Å². The molecule has 0 spiro atoms. The van der Waals surface area contributed by atoms with Gasteiger partial charge in [-0.15, -0.1) is 0 Å². The minimum absolute atomic E-state index is 0.350. The molecule has 0 amide bonds. The van der Waals surface area contributed by atoms with Crippen LogP contribution in [0, 0.1) is 13.8 Å². The number of fused-ring (bicyclic) bond motifs is 1. The third-order valence-electron chi connectivity index (χ3n) is 4.94. The average molecular weight is 368 g/mol. The molecule has 0 aromatic carbocycles. The smallest absolute Gasteiger partial charge is 0.165 e. The molecule has 27 heavy (non-hydrogen) atoms. The van der Waals surface area contributed by atoms with E-state index in [1.54, 1.807) is 19.8 Å². The fraction of sp³-hybridized carbons (Fsp3) is 0.500. The molecule has 3 aromatic heterocycles. The van der Waals surface area contributed by atoms with E-state index < -0.39 is 0 Å². The monoisotopic (exact) mass is 368 g/mol. The lowest BCUT2D eigenvalue weighted by molar-refractivity contribution is 0.188. The molecule has 1 aliphatic heterocycles. The molecule has 1 saturated heterocycles. The Morgan fingerprint density at radius 3 is 2.74 bits per heavy atom. The fourth-order valence-corrected chi connectivity index (χ4v) is 3.40. The maximum atomic E-state index is 5.16. The van der Waals surface area contributed by atoms with Gasteiger partial charge in [0.25, 0.3) is 0 Å². The second kappa shape index (κ2) is 7.07. The third-order valence-corrected chi connectivity index (χ3v) is 4.94. The fourth-order valence-electron chi connectivity index (χ4n) is 3.40. The molecule has 9 heteroatoms. The van der Waals surface area contributed by atoms with Crippen LogP contribution in [0.4, 0.5) is 11.6 Å². The number of aryl methyl sites for hydroxylation is 2. The zero-order chi connectivity index (χ0) is 19.0. The first-order chi connectivity index (χ1) is 13.1. The number of hydrogen-bond acceptors (Lipinski definition) is 8. The van der Waals surface area contributed by atoms with Gasteiger partial charge in [-0.05, 0) is 13.8 Å². The van der Waals surface area contributed by atoms with Crippen LogP contribution in [-0.2, 0) is 11.3 Å². The van der Waals surface area contributed by atoms with E-state index in [1.165, 1.54) is 0 Å². The number of likely N-dealkylation sites (N-methyl/N-ethyl adjacent to an activating group) is 1. The highest BCUT2D eigenvalue weighted by Crippen LogP contribution is 2.27. The van der Waals surface area contributed by atoms with Crippen molar-refractivity contribution in [2.24, 2.45) is 0 Å². The average Bonchev–Trinajstić information content (AvgIpc) is 3.00. The molecule has 0 radical (unpaired) electrons. The zero-order valence-corrected chi connectivity index (χ0v) is 16.1. The molecule has 9 nitrogen and oxygen atoms in total. The van der Waals surface area contributed by atoms with Gasteiger partial charge >= 0.3 is 0 Å². The van der Waals surface area contributed by atoms with Gasteiger partial charge in [0.15, 0.2) is 17.0 Å². The van der Waals surface area contributed by atoms with Gasteiger partial charge in [0, 0.05) is 45.6 Å². The molecular formula is C18H24N8O. The van der Waals surface area contributed by atoms with E-state index in [-0.39, 0.29) is 0 Å². The number of anilines is 2. The summed E-state index contributed by atoms with van der Waals surface area (Å²) in [5.74, 6) is 2.65. The third kappa shape index (κ3) is 3.30. The predicted octanol–water partition coefficient (Wildman–Crippen LogP) is 1.20. The second-order valence-electron chi connectivity index (χ2n) is 6.88. The van der Waals surface area contributed by atoms with E-state index in [1.807, 2.05) is 24.5 Å². The number of aromatic nitrogens is 6. The van der Waals surface area contributed by atoms with Crippen molar-refractivity contribution in [1.82, 2.24) is 29.5 Å². The van der Waals surface area contributed by atoms with Gasteiger partial charge in [-0.3, -0.25) is 0 Å². The summed E-state index contributed by atoms with van der Waals surface area (Å²) in [7, 11) is 3.75. The normalized spacial score (nSPS) is 14.6. The van der Waals surface area contributed by atoms with Gasteiger partial charge in [0.05, 0.1) is 19.0 Å². The minimum atomic E-state index is 0.350. The highest BCUT2D eigenvalue weighted by atomic mass is 16.5. The lowest BCUT2D eigenvalue weighted by atomic mass is 10.1. The number of imidazole rings is 1. The van der Waals surface area contributed by atoms with Crippen LogP contribution in [0.5, 0.6) is 0 Å². The highest BCUT2D eigenvalue weighted by molar-refractivity contribution is 5.83. The number of methoxy groups -OCH3 is 1. The van der Waals surface area contributed by atoms with Gasteiger partial charge < -0.3 is 19.1 Å². The van der Waals surface area contributed by atoms with Crippen LogP contribution >= 0.6 is 0 Å². The quantitative estimate of drug-likeness (QED) is 0.642. The molecule has 0 N–H and O–H groups in total. The summed E-state index contributed by atoms with van der Waals surface area (Å²) < 4.78 is 7.16. The van der Waals surface area contributed by atoms with Crippen molar-refractivity contribution in [1.29, 1.82) is 0 Å². The molecule has 0 saturated carbocycles. The molecule has 0 unspecified atom stereocenters. The first kappa shape index (κ1) is 17.6.